The van der Waals surface area contributed by atoms with Gasteiger partial charge in [-0.15, -0.1) is 0 Å². The van der Waals surface area contributed by atoms with Crippen LogP contribution in [0.3, 0.4) is 0 Å². The standard InChI is InChI=1S/C41H68O11/c1-3-5-7-9-11-19-48-35(43)15-13-17-37(45)50-29-41(28-42,30-51-38(46)18-14-16-36(44)49-20-12-10-8-6-4-2)31-52-39(47)27-40-24-32-21-33(25-40)23-34(22-32)26-40/h32-34,42H,3-31H2,1-2H3. The molecule has 298 valence electrons. The molecule has 52 heavy (non-hydrogen) atoms. The summed E-state index contributed by atoms with van der Waals surface area (Å²) in [5.41, 5.74) is -1.39. The Hall–Kier alpha value is -2.69. The molecule has 0 heterocycles. The van der Waals surface area contributed by atoms with Crippen molar-refractivity contribution < 1.29 is 52.8 Å². The largest absolute Gasteiger partial charge is 0.466 e. The van der Waals surface area contributed by atoms with Gasteiger partial charge in [0.2, 0.25) is 0 Å². The quantitative estimate of drug-likeness (QED) is 0.0460. The minimum absolute atomic E-state index is 0.0287. The maximum atomic E-state index is 13.3. The minimum atomic E-state index is -1.37. The summed E-state index contributed by atoms with van der Waals surface area (Å²) < 4.78 is 27.3. The zero-order chi connectivity index (χ0) is 37.7. The fourth-order valence-electron chi connectivity index (χ4n) is 8.65. The zero-order valence-corrected chi connectivity index (χ0v) is 32.3. The first kappa shape index (κ1) is 43.7. The SMILES string of the molecule is CCCCCCCOC(=O)CCCC(=O)OCC(CO)(COC(=O)CCCC(=O)OCCCCCCC)COC(=O)CC12CC3CC(CC(C3)C1)C2. The minimum Gasteiger partial charge on any atom is -0.466 e. The lowest BCUT2D eigenvalue weighted by molar-refractivity contribution is -0.168. The van der Waals surface area contributed by atoms with Crippen LogP contribution in [0.25, 0.3) is 0 Å². The highest BCUT2D eigenvalue weighted by Crippen LogP contribution is 2.61. The van der Waals surface area contributed by atoms with E-state index in [-0.39, 0.29) is 81.7 Å². The lowest BCUT2D eigenvalue weighted by Gasteiger charge is -2.56. The highest BCUT2D eigenvalue weighted by molar-refractivity contribution is 5.73. The van der Waals surface area contributed by atoms with Crippen LogP contribution in [0, 0.1) is 28.6 Å². The predicted octanol–water partition coefficient (Wildman–Crippen LogP) is 7.57. The molecule has 0 aromatic heterocycles. The Morgan fingerprint density at radius 1 is 0.519 bits per heavy atom. The average Bonchev–Trinajstić information content (AvgIpc) is 3.10. The van der Waals surface area contributed by atoms with Crippen molar-refractivity contribution in [1.82, 2.24) is 0 Å². The fourth-order valence-corrected chi connectivity index (χ4v) is 8.65. The number of unbranched alkanes of at least 4 members (excludes halogenated alkanes) is 8. The summed E-state index contributed by atoms with van der Waals surface area (Å²) in [5, 5.41) is 10.5. The molecule has 0 unspecified atom stereocenters. The third-order valence-corrected chi connectivity index (χ3v) is 11.2. The highest BCUT2D eigenvalue weighted by Gasteiger charge is 2.52. The van der Waals surface area contributed by atoms with E-state index >= 15 is 0 Å². The fraction of sp³-hybridized carbons (Fsp3) is 0.878. The molecule has 4 fully saturated rings. The summed E-state index contributed by atoms with van der Waals surface area (Å²) in [5.74, 6) is -0.188. The van der Waals surface area contributed by atoms with E-state index in [1.807, 2.05) is 0 Å². The van der Waals surface area contributed by atoms with E-state index in [1.54, 1.807) is 0 Å². The van der Waals surface area contributed by atoms with E-state index in [0.29, 0.717) is 37.4 Å². The Kier molecular flexibility index (Phi) is 20.1. The number of carbonyl (C=O) groups excluding carboxylic acids is 5. The molecule has 0 aromatic carbocycles. The van der Waals surface area contributed by atoms with Crippen molar-refractivity contribution in [2.75, 3.05) is 39.6 Å². The molecule has 11 heteroatoms. The van der Waals surface area contributed by atoms with Crippen molar-refractivity contribution in [1.29, 1.82) is 0 Å². The number of hydrogen-bond donors (Lipinski definition) is 1. The number of aliphatic hydroxyl groups is 1. The normalized spacial score (nSPS) is 21.8. The molecule has 4 aliphatic rings. The Bertz CT molecular complexity index is 1020. The lowest BCUT2D eigenvalue weighted by atomic mass is 9.49. The first-order valence-corrected chi connectivity index (χ1v) is 20.5. The smallest absolute Gasteiger partial charge is 0.306 e. The molecule has 4 saturated carbocycles. The first-order valence-electron chi connectivity index (χ1n) is 20.5. The molecule has 4 bridgehead atoms. The predicted molar refractivity (Wildman–Crippen MR) is 195 cm³/mol. The van der Waals surface area contributed by atoms with E-state index in [9.17, 15) is 29.1 Å². The molecule has 0 aromatic rings. The molecular weight excluding hydrogens is 668 g/mol. The van der Waals surface area contributed by atoms with Gasteiger partial charge in [0.15, 0.2) is 0 Å². The molecule has 4 rings (SSSR count). The van der Waals surface area contributed by atoms with E-state index in [1.165, 1.54) is 19.3 Å². The summed E-state index contributed by atoms with van der Waals surface area (Å²) in [4.78, 5) is 62.7. The van der Waals surface area contributed by atoms with Gasteiger partial charge in [0.05, 0.1) is 31.7 Å². The Labute approximate surface area is 311 Å². The summed E-state index contributed by atoms with van der Waals surface area (Å²) >= 11 is 0. The summed E-state index contributed by atoms with van der Waals surface area (Å²) in [6, 6.07) is 0. The van der Waals surface area contributed by atoms with Crippen LogP contribution in [0.5, 0.6) is 0 Å². The highest BCUT2D eigenvalue weighted by atomic mass is 16.6. The van der Waals surface area contributed by atoms with Gasteiger partial charge in [-0.05, 0) is 87.4 Å². The second-order valence-electron chi connectivity index (χ2n) is 16.2. The number of carbonyl (C=O) groups is 5. The molecule has 1 N–H and O–H groups in total. The Morgan fingerprint density at radius 3 is 1.27 bits per heavy atom. The maximum absolute atomic E-state index is 13.3. The molecule has 0 atom stereocenters. The van der Waals surface area contributed by atoms with Crippen LogP contribution >= 0.6 is 0 Å². The van der Waals surface area contributed by atoms with Crippen molar-refractivity contribution in [3.63, 3.8) is 0 Å². The second kappa shape index (κ2) is 23.9. The van der Waals surface area contributed by atoms with Crippen LogP contribution in [0.1, 0.15) is 162 Å². The zero-order valence-electron chi connectivity index (χ0n) is 32.3. The molecule has 0 radical (unpaired) electrons. The average molecular weight is 737 g/mol. The monoisotopic (exact) mass is 736 g/mol. The lowest BCUT2D eigenvalue weighted by Crippen LogP contribution is -2.47. The van der Waals surface area contributed by atoms with Crippen LogP contribution < -0.4 is 0 Å². The van der Waals surface area contributed by atoms with E-state index in [2.05, 4.69) is 13.8 Å². The van der Waals surface area contributed by atoms with Crippen LogP contribution in [0.4, 0.5) is 0 Å². The summed E-state index contributed by atoms with van der Waals surface area (Å²) in [6.07, 6.45) is 18.4. The number of hydrogen-bond acceptors (Lipinski definition) is 11. The van der Waals surface area contributed by atoms with E-state index in [4.69, 9.17) is 23.7 Å². The van der Waals surface area contributed by atoms with Crippen molar-refractivity contribution in [2.45, 2.75) is 162 Å². The van der Waals surface area contributed by atoms with Crippen molar-refractivity contribution in [3.05, 3.63) is 0 Å². The van der Waals surface area contributed by atoms with Crippen molar-refractivity contribution in [2.24, 2.45) is 28.6 Å². The Balaban J connectivity index is 1.45. The van der Waals surface area contributed by atoms with Gasteiger partial charge in [0.25, 0.3) is 0 Å². The van der Waals surface area contributed by atoms with E-state index < -0.39 is 24.0 Å². The topological polar surface area (TPSA) is 152 Å². The number of esters is 5. The van der Waals surface area contributed by atoms with Gasteiger partial charge >= 0.3 is 29.8 Å². The van der Waals surface area contributed by atoms with E-state index in [0.717, 1.165) is 83.5 Å². The van der Waals surface area contributed by atoms with Gasteiger partial charge in [-0.3, -0.25) is 24.0 Å². The van der Waals surface area contributed by atoms with Gasteiger partial charge in [-0.2, -0.15) is 0 Å². The summed E-state index contributed by atoms with van der Waals surface area (Å²) in [7, 11) is 0. The van der Waals surface area contributed by atoms with Crippen LogP contribution in [0.15, 0.2) is 0 Å². The molecule has 0 spiro atoms. The first-order chi connectivity index (χ1) is 25.1. The van der Waals surface area contributed by atoms with Gasteiger partial charge in [0.1, 0.15) is 19.8 Å². The van der Waals surface area contributed by atoms with Gasteiger partial charge in [-0.25, -0.2) is 0 Å². The Morgan fingerprint density at radius 2 is 0.885 bits per heavy atom. The molecule has 0 aliphatic heterocycles. The van der Waals surface area contributed by atoms with Crippen LogP contribution in [-0.4, -0.2) is 74.6 Å². The van der Waals surface area contributed by atoms with Gasteiger partial charge < -0.3 is 28.8 Å². The van der Waals surface area contributed by atoms with Gasteiger partial charge in [-0.1, -0.05) is 65.2 Å². The number of ether oxygens (including phenoxy) is 5. The number of aliphatic hydroxyl groups excluding tert-OH is 1. The molecular formula is C41H68O11. The third-order valence-electron chi connectivity index (χ3n) is 11.2. The second-order valence-corrected chi connectivity index (χ2v) is 16.2. The number of rotatable bonds is 29. The molecule has 4 aliphatic carbocycles. The third kappa shape index (κ3) is 16.5. The van der Waals surface area contributed by atoms with Crippen molar-refractivity contribution in [3.8, 4) is 0 Å². The summed E-state index contributed by atoms with van der Waals surface area (Å²) in [6.45, 7) is 3.50. The van der Waals surface area contributed by atoms with Crippen LogP contribution in [0.2, 0.25) is 0 Å². The van der Waals surface area contributed by atoms with Crippen LogP contribution in [-0.2, 0) is 47.7 Å². The molecule has 0 amide bonds. The molecule has 11 nitrogen and oxygen atoms in total. The van der Waals surface area contributed by atoms with Crippen molar-refractivity contribution >= 4 is 29.8 Å². The van der Waals surface area contributed by atoms with Gasteiger partial charge in [0, 0.05) is 25.7 Å². The molecule has 0 saturated heterocycles. The maximum Gasteiger partial charge on any atom is 0.306 e.